The van der Waals surface area contributed by atoms with E-state index in [-0.39, 0.29) is 12.4 Å². The van der Waals surface area contributed by atoms with Crippen molar-refractivity contribution in [3.63, 3.8) is 0 Å². The zero-order chi connectivity index (χ0) is 23.3. The highest BCUT2D eigenvalue weighted by molar-refractivity contribution is 5.73. The van der Waals surface area contributed by atoms with Crippen LogP contribution in [0.5, 0.6) is 0 Å². The molecule has 0 unspecified atom stereocenters. The molecule has 1 saturated carbocycles. The molecule has 0 radical (unpaired) electrons. The van der Waals surface area contributed by atoms with E-state index in [2.05, 4.69) is 49.7 Å². The number of nitrogens with one attached hydrogen (secondary N) is 1. The van der Waals surface area contributed by atoms with Crippen molar-refractivity contribution < 1.29 is 9.63 Å². The van der Waals surface area contributed by atoms with Crippen LogP contribution >= 0.6 is 0 Å². The molecule has 174 valence electrons. The van der Waals surface area contributed by atoms with Crippen LogP contribution in [-0.2, 0) is 13.2 Å². The number of hydrogen-bond acceptors (Lipinski definition) is 8. The van der Waals surface area contributed by atoms with Gasteiger partial charge in [0.1, 0.15) is 5.69 Å². The maximum atomic E-state index is 9.36. The molecule has 3 aromatic heterocycles. The predicted octanol–water partition coefficient (Wildman–Crippen LogP) is 4.36. The number of benzene rings is 1. The van der Waals surface area contributed by atoms with Gasteiger partial charge in [-0.25, -0.2) is 9.97 Å². The molecule has 0 bridgehead atoms. The fraction of sp³-hybridized carbons (Fsp3) is 0.308. The molecule has 1 aliphatic rings. The molecule has 0 spiro atoms. The second-order valence-corrected chi connectivity index (χ2v) is 8.67. The number of aliphatic hydroxyl groups excluding tert-OH is 1. The van der Waals surface area contributed by atoms with Gasteiger partial charge in [0.05, 0.1) is 24.2 Å². The molecule has 0 aliphatic heterocycles. The first kappa shape index (κ1) is 22.2. The van der Waals surface area contributed by atoms with Crippen molar-refractivity contribution in [1.82, 2.24) is 25.4 Å². The topological polar surface area (TPSA) is 123 Å². The highest BCUT2D eigenvalue weighted by Crippen LogP contribution is 2.30. The number of nitrogens with zero attached hydrogens (tertiary/aromatic N) is 4. The van der Waals surface area contributed by atoms with E-state index in [1.54, 1.807) is 24.5 Å². The van der Waals surface area contributed by atoms with Gasteiger partial charge in [-0.2, -0.15) is 0 Å². The van der Waals surface area contributed by atoms with Gasteiger partial charge < -0.3 is 20.7 Å². The Labute approximate surface area is 198 Å². The largest absolute Gasteiger partial charge is 0.390 e. The van der Waals surface area contributed by atoms with E-state index in [1.807, 2.05) is 6.07 Å². The first-order valence-corrected chi connectivity index (χ1v) is 11.7. The summed E-state index contributed by atoms with van der Waals surface area (Å²) in [4.78, 5) is 13.0. The lowest BCUT2D eigenvalue weighted by atomic mass is 9.95. The lowest BCUT2D eigenvalue weighted by Crippen LogP contribution is -2.30. The molecular weight excluding hydrogens is 428 g/mol. The Morgan fingerprint density at radius 1 is 0.971 bits per heavy atom. The van der Waals surface area contributed by atoms with Crippen molar-refractivity contribution in [2.24, 2.45) is 0 Å². The van der Waals surface area contributed by atoms with Crippen molar-refractivity contribution in [3.05, 3.63) is 66.1 Å². The molecule has 3 heterocycles. The summed E-state index contributed by atoms with van der Waals surface area (Å²) in [6, 6.07) is 14.4. The van der Waals surface area contributed by atoms with E-state index < -0.39 is 0 Å². The fourth-order valence-corrected chi connectivity index (χ4v) is 4.33. The lowest BCUT2D eigenvalue weighted by molar-refractivity contribution is 0.277. The Morgan fingerprint density at radius 2 is 1.79 bits per heavy atom. The number of hydrogen-bond donors (Lipinski definition) is 3. The van der Waals surface area contributed by atoms with E-state index >= 15 is 0 Å². The monoisotopic (exact) mass is 456 g/mol. The number of aromatic nitrogens is 4. The van der Waals surface area contributed by atoms with Crippen LogP contribution in [0.3, 0.4) is 0 Å². The third-order valence-corrected chi connectivity index (χ3v) is 6.27. The average molecular weight is 457 g/mol. The van der Waals surface area contributed by atoms with E-state index in [4.69, 9.17) is 10.3 Å². The maximum absolute atomic E-state index is 9.36. The molecule has 8 nitrogen and oxygen atoms in total. The number of pyridine rings is 1. The molecule has 4 aromatic rings. The zero-order valence-electron chi connectivity index (χ0n) is 18.9. The number of nitrogen functional groups attached to an aromatic ring is 1. The van der Waals surface area contributed by atoms with Crippen LogP contribution in [-0.4, -0.2) is 31.3 Å². The Hall–Kier alpha value is -3.62. The second kappa shape index (κ2) is 10.1. The number of rotatable bonds is 7. The predicted molar refractivity (Wildman–Crippen MR) is 130 cm³/mol. The molecule has 1 fully saturated rings. The molecule has 4 N–H and O–H groups in total. The average Bonchev–Trinajstić information content (AvgIpc) is 3.39. The third-order valence-electron chi connectivity index (χ3n) is 6.27. The highest BCUT2D eigenvalue weighted by Gasteiger charge is 2.16. The second-order valence-electron chi connectivity index (χ2n) is 8.67. The molecule has 34 heavy (non-hydrogen) atoms. The molecule has 1 aromatic carbocycles. The van der Waals surface area contributed by atoms with Crippen LogP contribution in [0.4, 0.5) is 5.82 Å². The molecule has 1 aliphatic carbocycles. The number of aliphatic hydroxyl groups is 1. The SMILES string of the molecule is Nc1ncc(-c2ccnc(CO)c2)nc1-c1cc(-c2ccc(CNC3CCCCC3)cc2)no1. The van der Waals surface area contributed by atoms with Gasteiger partial charge in [-0.15, -0.1) is 0 Å². The summed E-state index contributed by atoms with van der Waals surface area (Å²) < 4.78 is 5.58. The first-order valence-electron chi connectivity index (χ1n) is 11.7. The summed E-state index contributed by atoms with van der Waals surface area (Å²) in [5.41, 5.74) is 11.4. The smallest absolute Gasteiger partial charge is 0.189 e. The van der Waals surface area contributed by atoms with E-state index in [0.29, 0.717) is 34.6 Å². The molecule has 5 rings (SSSR count). The maximum Gasteiger partial charge on any atom is 0.189 e. The molecular formula is C26H28N6O2. The quantitative estimate of drug-likeness (QED) is 0.375. The van der Waals surface area contributed by atoms with E-state index in [9.17, 15) is 5.11 Å². The molecule has 8 heteroatoms. The minimum atomic E-state index is -0.149. The van der Waals surface area contributed by atoms with Crippen LogP contribution in [0, 0.1) is 0 Å². The van der Waals surface area contributed by atoms with Crippen molar-refractivity contribution in [1.29, 1.82) is 0 Å². The van der Waals surface area contributed by atoms with Crippen molar-refractivity contribution >= 4 is 5.82 Å². The van der Waals surface area contributed by atoms with Crippen LogP contribution in [0.2, 0.25) is 0 Å². The minimum absolute atomic E-state index is 0.149. The normalized spacial score (nSPS) is 14.4. The Balaban J connectivity index is 1.32. The lowest BCUT2D eigenvalue weighted by Gasteiger charge is -2.22. The Morgan fingerprint density at radius 3 is 2.59 bits per heavy atom. The standard InChI is InChI=1S/C26H28N6O2/c27-26-25(31-23(15-30-26)19-10-11-28-21(12-19)16-33)24-13-22(32-34-24)18-8-6-17(7-9-18)14-29-20-4-2-1-3-5-20/h6-13,15,20,29,33H,1-5,14,16H2,(H2,27,30). The van der Waals surface area contributed by atoms with E-state index in [0.717, 1.165) is 17.7 Å². The van der Waals surface area contributed by atoms with Crippen LogP contribution < -0.4 is 11.1 Å². The first-order chi connectivity index (χ1) is 16.7. The highest BCUT2D eigenvalue weighted by atomic mass is 16.5. The number of anilines is 1. The van der Waals surface area contributed by atoms with Gasteiger partial charge >= 0.3 is 0 Å². The van der Waals surface area contributed by atoms with Gasteiger partial charge in [0, 0.05) is 36.0 Å². The van der Waals surface area contributed by atoms with Gasteiger partial charge in [-0.05, 0) is 30.5 Å². The zero-order valence-corrected chi connectivity index (χ0v) is 18.9. The third kappa shape index (κ3) is 4.98. The Bertz CT molecular complexity index is 1250. The van der Waals surface area contributed by atoms with Crippen LogP contribution in [0.25, 0.3) is 34.0 Å². The summed E-state index contributed by atoms with van der Waals surface area (Å²) in [6.07, 6.45) is 9.78. The molecule has 0 atom stereocenters. The summed E-state index contributed by atoms with van der Waals surface area (Å²) in [7, 11) is 0. The minimum Gasteiger partial charge on any atom is -0.390 e. The summed E-state index contributed by atoms with van der Waals surface area (Å²) in [6.45, 7) is 0.727. The number of nitrogens with two attached hydrogens (primary N) is 1. The van der Waals surface area contributed by atoms with Crippen LogP contribution in [0.15, 0.2) is 59.4 Å². The van der Waals surface area contributed by atoms with Crippen LogP contribution in [0.1, 0.15) is 43.4 Å². The fourth-order valence-electron chi connectivity index (χ4n) is 4.33. The van der Waals surface area contributed by atoms with Gasteiger partial charge in [-0.1, -0.05) is 48.7 Å². The van der Waals surface area contributed by atoms with Gasteiger partial charge in [0.15, 0.2) is 17.3 Å². The Kier molecular flexibility index (Phi) is 6.60. The van der Waals surface area contributed by atoms with Gasteiger partial charge in [-0.3, -0.25) is 4.98 Å². The van der Waals surface area contributed by atoms with Crippen molar-refractivity contribution in [2.75, 3.05) is 5.73 Å². The van der Waals surface area contributed by atoms with E-state index in [1.165, 1.54) is 37.7 Å². The van der Waals surface area contributed by atoms with Crippen molar-refractivity contribution in [2.45, 2.75) is 51.3 Å². The van der Waals surface area contributed by atoms with Gasteiger partial charge in [0.25, 0.3) is 0 Å². The molecule has 0 amide bonds. The van der Waals surface area contributed by atoms with Gasteiger partial charge in [0.2, 0.25) is 0 Å². The summed E-state index contributed by atoms with van der Waals surface area (Å²) in [5, 5.41) is 17.3. The van der Waals surface area contributed by atoms with Crippen molar-refractivity contribution in [3.8, 4) is 34.0 Å². The molecule has 0 saturated heterocycles. The summed E-state index contributed by atoms with van der Waals surface area (Å²) in [5.74, 6) is 0.702. The summed E-state index contributed by atoms with van der Waals surface area (Å²) >= 11 is 0.